The van der Waals surface area contributed by atoms with E-state index in [4.69, 9.17) is 9.47 Å². The predicted molar refractivity (Wildman–Crippen MR) is 99.4 cm³/mol. The number of sulfone groups is 1. The molecule has 2 unspecified atom stereocenters. The molecular formula is C19H27NO5S. The lowest BCUT2D eigenvalue weighted by Crippen LogP contribution is -2.49. The Morgan fingerprint density at radius 1 is 1.15 bits per heavy atom. The van der Waals surface area contributed by atoms with E-state index in [-0.39, 0.29) is 23.2 Å². The van der Waals surface area contributed by atoms with Crippen LogP contribution in [0.15, 0.2) is 18.2 Å². The van der Waals surface area contributed by atoms with Crippen LogP contribution in [0, 0.1) is 0 Å². The van der Waals surface area contributed by atoms with Gasteiger partial charge in [-0.1, -0.05) is 6.07 Å². The van der Waals surface area contributed by atoms with Crippen molar-refractivity contribution in [3.63, 3.8) is 0 Å². The highest BCUT2D eigenvalue weighted by atomic mass is 32.2. The van der Waals surface area contributed by atoms with E-state index in [1.807, 2.05) is 23.1 Å². The number of carbonyl (C=O) groups is 1. The van der Waals surface area contributed by atoms with E-state index in [0.29, 0.717) is 25.7 Å². The molecule has 0 aromatic heterocycles. The van der Waals surface area contributed by atoms with Gasteiger partial charge < -0.3 is 14.4 Å². The number of carbonyl (C=O) groups excluding carboxylic acids is 1. The van der Waals surface area contributed by atoms with E-state index in [9.17, 15) is 13.2 Å². The van der Waals surface area contributed by atoms with E-state index in [1.165, 1.54) is 6.26 Å². The summed E-state index contributed by atoms with van der Waals surface area (Å²) in [6.07, 6.45) is 5.28. The maximum absolute atomic E-state index is 12.8. The number of methoxy groups -OCH3 is 2. The first-order chi connectivity index (χ1) is 12.3. The smallest absolute Gasteiger partial charge is 0.223 e. The van der Waals surface area contributed by atoms with Gasteiger partial charge in [0.25, 0.3) is 0 Å². The van der Waals surface area contributed by atoms with Crippen LogP contribution in [-0.4, -0.2) is 57.0 Å². The highest BCUT2D eigenvalue weighted by Crippen LogP contribution is 2.38. The number of aryl methyl sites for hydroxylation is 1. The maximum Gasteiger partial charge on any atom is 0.223 e. The molecule has 2 saturated heterocycles. The summed E-state index contributed by atoms with van der Waals surface area (Å²) in [5.41, 5.74) is 0.972. The van der Waals surface area contributed by atoms with Gasteiger partial charge in [0.1, 0.15) is 21.3 Å². The molecule has 26 heavy (non-hydrogen) atoms. The molecule has 0 aliphatic carbocycles. The molecule has 2 aliphatic heterocycles. The van der Waals surface area contributed by atoms with E-state index >= 15 is 0 Å². The SMILES string of the molecule is COc1ccc(CCC(=O)N2C3CCC2CC(S(C)(=O)=O)C3)c(OC)c1. The number of hydrogen-bond acceptors (Lipinski definition) is 5. The van der Waals surface area contributed by atoms with Crippen molar-refractivity contribution in [1.82, 2.24) is 4.90 Å². The van der Waals surface area contributed by atoms with E-state index < -0.39 is 9.84 Å². The van der Waals surface area contributed by atoms with Crippen molar-refractivity contribution in [3.05, 3.63) is 23.8 Å². The average molecular weight is 381 g/mol. The van der Waals surface area contributed by atoms with Crippen molar-refractivity contribution in [2.75, 3.05) is 20.5 Å². The van der Waals surface area contributed by atoms with Crippen LogP contribution in [0.3, 0.4) is 0 Å². The Balaban J connectivity index is 1.65. The largest absolute Gasteiger partial charge is 0.497 e. The third-order valence-corrected chi connectivity index (χ3v) is 7.28. The molecule has 1 amide bonds. The fourth-order valence-corrected chi connectivity index (χ4v) is 5.46. The Bertz CT molecular complexity index is 762. The topological polar surface area (TPSA) is 72.9 Å². The number of benzene rings is 1. The van der Waals surface area contributed by atoms with Crippen LogP contribution in [-0.2, 0) is 21.1 Å². The van der Waals surface area contributed by atoms with Crippen LogP contribution < -0.4 is 9.47 Å². The van der Waals surface area contributed by atoms with Crippen LogP contribution >= 0.6 is 0 Å². The zero-order valence-electron chi connectivity index (χ0n) is 15.6. The van der Waals surface area contributed by atoms with Crippen molar-refractivity contribution in [2.24, 2.45) is 0 Å². The van der Waals surface area contributed by atoms with Gasteiger partial charge in [0.2, 0.25) is 5.91 Å². The predicted octanol–water partition coefficient (Wildman–Crippen LogP) is 2.20. The van der Waals surface area contributed by atoms with Crippen molar-refractivity contribution in [3.8, 4) is 11.5 Å². The molecule has 0 radical (unpaired) electrons. The zero-order chi connectivity index (χ0) is 18.9. The number of amides is 1. The maximum atomic E-state index is 12.8. The fourth-order valence-electron chi connectivity index (χ4n) is 4.31. The standard InChI is InChI=1S/C19H27NO5S/c1-24-16-8-4-13(18(12-16)25-2)5-9-19(21)20-14-6-7-15(20)11-17(10-14)26(3,22)23/h4,8,12,14-15,17H,5-7,9-11H2,1-3H3. The molecule has 2 aliphatic rings. The third kappa shape index (κ3) is 3.82. The first-order valence-corrected chi connectivity index (χ1v) is 11.0. The summed E-state index contributed by atoms with van der Waals surface area (Å²) in [5, 5.41) is -0.300. The van der Waals surface area contributed by atoms with Crippen LogP contribution in [0.25, 0.3) is 0 Å². The van der Waals surface area contributed by atoms with Gasteiger partial charge in [-0.15, -0.1) is 0 Å². The third-order valence-electron chi connectivity index (χ3n) is 5.69. The van der Waals surface area contributed by atoms with Crippen molar-refractivity contribution in [1.29, 1.82) is 0 Å². The first-order valence-electron chi connectivity index (χ1n) is 9.04. The molecule has 0 spiro atoms. The lowest BCUT2D eigenvalue weighted by molar-refractivity contribution is -0.135. The number of ether oxygens (including phenoxy) is 2. The Kier molecular flexibility index (Phi) is 5.46. The minimum Gasteiger partial charge on any atom is -0.497 e. The Hall–Kier alpha value is -1.76. The summed E-state index contributed by atoms with van der Waals surface area (Å²) < 4.78 is 34.4. The van der Waals surface area contributed by atoms with Crippen LogP contribution in [0.2, 0.25) is 0 Å². The molecule has 2 atom stereocenters. The lowest BCUT2D eigenvalue weighted by atomic mass is 10.0. The second-order valence-electron chi connectivity index (χ2n) is 7.29. The molecule has 0 N–H and O–H groups in total. The van der Waals surface area contributed by atoms with Gasteiger partial charge in [-0.05, 0) is 43.7 Å². The average Bonchev–Trinajstić information content (AvgIpc) is 2.88. The van der Waals surface area contributed by atoms with Gasteiger partial charge in [0, 0.05) is 30.8 Å². The minimum absolute atomic E-state index is 0.0683. The number of rotatable bonds is 6. The zero-order valence-corrected chi connectivity index (χ0v) is 16.4. The minimum atomic E-state index is -3.04. The van der Waals surface area contributed by atoms with Crippen molar-refractivity contribution < 1.29 is 22.7 Å². The van der Waals surface area contributed by atoms with E-state index in [0.717, 1.165) is 29.9 Å². The number of nitrogens with zero attached hydrogens (tertiary/aromatic N) is 1. The summed E-state index contributed by atoms with van der Waals surface area (Å²) in [7, 11) is 0.174. The molecule has 6 nitrogen and oxygen atoms in total. The van der Waals surface area contributed by atoms with Crippen LogP contribution in [0.4, 0.5) is 0 Å². The second kappa shape index (κ2) is 7.47. The second-order valence-corrected chi connectivity index (χ2v) is 9.61. The monoisotopic (exact) mass is 381 g/mol. The first kappa shape index (κ1) is 19.0. The molecule has 2 bridgehead atoms. The van der Waals surface area contributed by atoms with Gasteiger partial charge in [-0.2, -0.15) is 0 Å². The van der Waals surface area contributed by atoms with E-state index in [1.54, 1.807) is 14.2 Å². The number of hydrogen-bond donors (Lipinski definition) is 0. The van der Waals surface area contributed by atoms with Crippen molar-refractivity contribution >= 4 is 15.7 Å². The van der Waals surface area contributed by atoms with Crippen LogP contribution in [0.5, 0.6) is 11.5 Å². The Morgan fingerprint density at radius 3 is 2.35 bits per heavy atom. The van der Waals surface area contributed by atoms with Gasteiger partial charge in [0.05, 0.1) is 19.5 Å². The van der Waals surface area contributed by atoms with E-state index in [2.05, 4.69) is 0 Å². The quantitative estimate of drug-likeness (QED) is 0.755. The molecule has 144 valence electrons. The fraction of sp³-hybridized carbons (Fsp3) is 0.632. The number of piperidine rings is 1. The summed E-state index contributed by atoms with van der Waals surface area (Å²) in [4.78, 5) is 14.8. The summed E-state index contributed by atoms with van der Waals surface area (Å²) in [5.74, 6) is 1.55. The van der Waals surface area contributed by atoms with Crippen molar-refractivity contribution in [2.45, 2.75) is 55.9 Å². The Labute approximate surface area is 155 Å². The van der Waals surface area contributed by atoms with Gasteiger partial charge in [-0.25, -0.2) is 8.42 Å². The van der Waals surface area contributed by atoms with Gasteiger partial charge in [0.15, 0.2) is 0 Å². The molecule has 2 fully saturated rings. The summed E-state index contributed by atoms with van der Waals surface area (Å²) >= 11 is 0. The molecular weight excluding hydrogens is 354 g/mol. The molecule has 1 aromatic carbocycles. The highest BCUT2D eigenvalue weighted by Gasteiger charge is 2.45. The van der Waals surface area contributed by atoms with Gasteiger partial charge in [-0.3, -0.25) is 4.79 Å². The Morgan fingerprint density at radius 2 is 1.81 bits per heavy atom. The summed E-state index contributed by atoms with van der Waals surface area (Å²) in [6, 6.07) is 5.75. The molecule has 2 heterocycles. The molecule has 0 saturated carbocycles. The molecule has 3 rings (SSSR count). The normalized spacial score (nSPS) is 25.2. The number of fused-ring (bicyclic) bond motifs is 2. The highest BCUT2D eigenvalue weighted by molar-refractivity contribution is 7.91. The lowest BCUT2D eigenvalue weighted by Gasteiger charge is -2.38. The molecule has 7 heteroatoms. The summed E-state index contributed by atoms with van der Waals surface area (Å²) in [6.45, 7) is 0. The van der Waals surface area contributed by atoms with Gasteiger partial charge >= 0.3 is 0 Å². The molecule has 1 aromatic rings. The van der Waals surface area contributed by atoms with Crippen LogP contribution in [0.1, 0.15) is 37.7 Å².